The van der Waals surface area contributed by atoms with Crippen LogP contribution in [0.2, 0.25) is 0 Å². The van der Waals surface area contributed by atoms with Crippen LogP contribution >= 0.6 is 0 Å². The van der Waals surface area contributed by atoms with Crippen molar-refractivity contribution in [3.05, 3.63) is 55.0 Å². The van der Waals surface area contributed by atoms with E-state index < -0.39 is 0 Å². The Bertz CT molecular complexity index is 661. The first-order valence-electron chi connectivity index (χ1n) is 8.38. The molecule has 2 heterocycles. The molecule has 0 saturated carbocycles. The van der Waals surface area contributed by atoms with E-state index in [0.29, 0.717) is 6.04 Å². The Morgan fingerprint density at radius 3 is 3.04 bits per heavy atom. The molecule has 4 nitrogen and oxygen atoms in total. The van der Waals surface area contributed by atoms with Gasteiger partial charge >= 0.3 is 0 Å². The molecule has 0 unspecified atom stereocenters. The number of aromatic nitrogens is 2. The van der Waals surface area contributed by atoms with Crippen LogP contribution in [0.1, 0.15) is 30.9 Å². The van der Waals surface area contributed by atoms with Gasteiger partial charge in [0.05, 0.1) is 18.2 Å². The molecule has 0 spiro atoms. The summed E-state index contributed by atoms with van der Waals surface area (Å²) in [7, 11) is 2.02. The van der Waals surface area contributed by atoms with Gasteiger partial charge in [0.25, 0.3) is 0 Å². The molecule has 122 valence electrons. The van der Waals surface area contributed by atoms with Gasteiger partial charge < -0.3 is 10.3 Å². The van der Waals surface area contributed by atoms with Gasteiger partial charge in [-0.1, -0.05) is 30.7 Å². The number of piperidine rings is 1. The average molecular weight is 310 g/mol. The molecule has 1 saturated heterocycles. The van der Waals surface area contributed by atoms with Gasteiger partial charge in [-0.25, -0.2) is 4.98 Å². The van der Waals surface area contributed by atoms with Gasteiger partial charge in [-0.15, -0.1) is 6.58 Å². The third kappa shape index (κ3) is 3.38. The molecule has 1 aromatic carbocycles. The summed E-state index contributed by atoms with van der Waals surface area (Å²) in [4.78, 5) is 6.68. The summed E-state index contributed by atoms with van der Waals surface area (Å²) in [5.41, 5.74) is 10.1. The summed E-state index contributed by atoms with van der Waals surface area (Å²) in [5.74, 6) is 0. The van der Waals surface area contributed by atoms with Gasteiger partial charge in [0.1, 0.15) is 0 Å². The zero-order valence-electron chi connectivity index (χ0n) is 13.9. The Hall–Kier alpha value is -1.91. The Kier molecular flexibility index (Phi) is 4.94. The minimum Gasteiger partial charge on any atom is -0.334 e. The number of aryl methyl sites for hydroxylation is 1. The van der Waals surface area contributed by atoms with Crippen molar-refractivity contribution in [1.82, 2.24) is 14.5 Å². The van der Waals surface area contributed by atoms with Crippen molar-refractivity contribution in [3.63, 3.8) is 0 Å². The summed E-state index contributed by atoms with van der Waals surface area (Å²) in [6.45, 7) is 5.92. The van der Waals surface area contributed by atoms with Crippen molar-refractivity contribution < 1.29 is 0 Å². The van der Waals surface area contributed by atoms with E-state index in [1.54, 1.807) is 0 Å². The quantitative estimate of drug-likeness (QED) is 0.863. The van der Waals surface area contributed by atoms with Crippen molar-refractivity contribution in [2.75, 3.05) is 13.1 Å². The Morgan fingerprint density at radius 1 is 1.43 bits per heavy atom. The van der Waals surface area contributed by atoms with Crippen LogP contribution in [-0.2, 0) is 7.05 Å². The number of rotatable bonds is 5. The van der Waals surface area contributed by atoms with Gasteiger partial charge in [0, 0.05) is 31.2 Å². The highest BCUT2D eigenvalue weighted by Gasteiger charge is 2.28. The van der Waals surface area contributed by atoms with E-state index in [1.165, 1.54) is 24.0 Å². The first-order valence-corrected chi connectivity index (χ1v) is 8.38. The van der Waals surface area contributed by atoms with Crippen LogP contribution in [-0.4, -0.2) is 33.6 Å². The molecule has 2 aromatic rings. The topological polar surface area (TPSA) is 47.1 Å². The maximum atomic E-state index is 6.65. The summed E-state index contributed by atoms with van der Waals surface area (Å²) in [6, 6.07) is 8.99. The minimum absolute atomic E-state index is 0.0310. The van der Waals surface area contributed by atoms with E-state index in [4.69, 9.17) is 5.73 Å². The van der Waals surface area contributed by atoms with Crippen LogP contribution in [0.15, 0.2) is 49.4 Å². The molecule has 2 N–H and O–H groups in total. The number of benzene rings is 1. The SMILES string of the molecule is C=CCN1CCCC[C@H]1[C@@H](N)c1cccc(-c2cncn2C)c1. The second kappa shape index (κ2) is 7.11. The lowest BCUT2D eigenvalue weighted by molar-refractivity contribution is 0.141. The molecule has 0 aliphatic carbocycles. The van der Waals surface area contributed by atoms with Gasteiger partial charge in [-0.3, -0.25) is 4.90 Å². The monoisotopic (exact) mass is 310 g/mol. The molecule has 0 amide bonds. The lowest BCUT2D eigenvalue weighted by Gasteiger charge is -2.38. The summed E-state index contributed by atoms with van der Waals surface area (Å²) in [5, 5.41) is 0. The fraction of sp³-hybridized carbons (Fsp3) is 0.421. The van der Waals surface area contributed by atoms with Crippen LogP contribution in [0.4, 0.5) is 0 Å². The van der Waals surface area contributed by atoms with Crippen LogP contribution in [0, 0.1) is 0 Å². The molecule has 4 heteroatoms. The lowest BCUT2D eigenvalue weighted by atomic mass is 9.90. The molecule has 1 fully saturated rings. The van der Waals surface area contributed by atoms with E-state index >= 15 is 0 Å². The van der Waals surface area contributed by atoms with Crippen LogP contribution < -0.4 is 5.73 Å². The maximum Gasteiger partial charge on any atom is 0.0948 e. The summed E-state index contributed by atoms with van der Waals surface area (Å²) in [6.07, 6.45) is 9.38. The zero-order valence-corrected chi connectivity index (χ0v) is 13.9. The fourth-order valence-corrected chi connectivity index (χ4v) is 3.58. The standard InChI is InChI=1S/C19H26N4/c1-3-10-23-11-5-4-9-17(23)19(20)16-8-6-7-15(12-16)18-13-21-14-22(18)2/h3,6-8,12-14,17,19H,1,4-5,9-11,20H2,2H3/t17-,19-/m0/s1. The van der Waals surface area contributed by atoms with Crippen LogP contribution in [0.5, 0.6) is 0 Å². The van der Waals surface area contributed by atoms with E-state index in [9.17, 15) is 0 Å². The first-order chi connectivity index (χ1) is 11.2. The van der Waals surface area contributed by atoms with Crippen molar-refractivity contribution in [2.45, 2.75) is 31.3 Å². The Balaban J connectivity index is 1.85. The molecule has 23 heavy (non-hydrogen) atoms. The zero-order chi connectivity index (χ0) is 16.2. The third-order valence-corrected chi connectivity index (χ3v) is 4.83. The Labute approximate surface area is 138 Å². The number of hydrogen-bond acceptors (Lipinski definition) is 3. The molecule has 1 aromatic heterocycles. The predicted molar refractivity (Wildman–Crippen MR) is 95.0 cm³/mol. The van der Waals surface area contributed by atoms with Crippen molar-refractivity contribution in [2.24, 2.45) is 12.8 Å². The van der Waals surface area contributed by atoms with Crippen molar-refractivity contribution in [1.29, 1.82) is 0 Å². The van der Waals surface area contributed by atoms with E-state index in [1.807, 2.05) is 30.2 Å². The number of imidazole rings is 1. The lowest BCUT2D eigenvalue weighted by Crippen LogP contribution is -2.45. The summed E-state index contributed by atoms with van der Waals surface area (Å²) < 4.78 is 2.04. The van der Waals surface area contributed by atoms with Gasteiger partial charge in [-0.2, -0.15) is 0 Å². The molecule has 1 aliphatic heterocycles. The minimum atomic E-state index is 0.0310. The molecule has 1 aliphatic rings. The number of nitrogens with zero attached hydrogens (tertiary/aromatic N) is 3. The first kappa shape index (κ1) is 16.0. The highest BCUT2D eigenvalue weighted by atomic mass is 15.2. The number of nitrogens with two attached hydrogens (primary N) is 1. The third-order valence-electron chi connectivity index (χ3n) is 4.83. The molecular formula is C19H26N4. The number of hydrogen-bond donors (Lipinski definition) is 1. The molecule has 0 bridgehead atoms. The molecule has 3 rings (SSSR count). The number of likely N-dealkylation sites (tertiary alicyclic amines) is 1. The second-order valence-corrected chi connectivity index (χ2v) is 6.39. The van der Waals surface area contributed by atoms with Gasteiger partial charge in [0.2, 0.25) is 0 Å². The predicted octanol–water partition coefficient (Wildman–Crippen LogP) is 3.13. The van der Waals surface area contributed by atoms with E-state index in [-0.39, 0.29) is 6.04 Å². The average Bonchev–Trinajstić information content (AvgIpc) is 3.01. The normalized spacial score (nSPS) is 20.3. The largest absolute Gasteiger partial charge is 0.334 e. The highest BCUT2D eigenvalue weighted by molar-refractivity contribution is 5.60. The van der Waals surface area contributed by atoms with Crippen molar-refractivity contribution >= 4 is 0 Å². The second-order valence-electron chi connectivity index (χ2n) is 6.39. The van der Waals surface area contributed by atoms with Gasteiger partial charge in [-0.05, 0) is 31.0 Å². The Morgan fingerprint density at radius 2 is 2.30 bits per heavy atom. The molecule has 0 radical (unpaired) electrons. The van der Waals surface area contributed by atoms with Crippen molar-refractivity contribution in [3.8, 4) is 11.3 Å². The fourth-order valence-electron chi connectivity index (χ4n) is 3.58. The van der Waals surface area contributed by atoms with E-state index in [2.05, 4.69) is 40.7 Å². The van der Waals surface area contributed by atoms with E-state index in [0.717, 1.165) is 25.2 Å². The van der Waals surface area contributed by atoms with Crippen LogP contribution in [0.25, 0.3) is 11.3 Å². The van der Waals surface area contributed by atoms with Gasteiger partial charge in [0.15, 0.2) is 0 Å². The maximum absolute atomic E-state index is 6.65. The molecule has 2 atom stereocenters. The molecular weight excluding hydrogens is 284 g/mol. The summed E-state index contributed by atoms with van der Waals surface area (Å²) >= 11 is 0. The smallest absolute Gasteiger partial charge is 0.0948 e. The van der Waals surface area contributed by atoms with Crippen LogP contribution in [0.3, 0.4) is 0 Å². The highest BCUT2D eigenvalue weighted by Crippen LogP contribution is 2.29.